The summed E-state index contributed by atoms with van der Waals surface area (Å²) in [5.74, 6) is 0.305. The first-order chi connectivity index (χ1) is 9.16. The number of nitrogens with one attached hydrogen (secondary N) is 2. The van der Waals surface area contributed by atoms with Crippen molar-refractivity contribution in [3.05, 3.63) is 11.4 Å². The molecule has 1 amide bonds. The standard InChI is InChI=1S/C13H21N5O/c1-18(9-4-5-9)7-6-15-13(19)12-10(14)11(16-17-12)8-2-3-8/h8-9H,2-7,14H2,1H3,(H,15,19)(H,16,17). The molecule has 0 unspecified atom stereocenters. The number of aromatic amines is 1. The summed E-state index contributed by atoms with van der Waals surface area (Å²) in [6.45, 7) is 1.51. The van der Waals surface area contributed by atoms with Crippen molar-refractivity contribution >= 4 is 11.6 Å². The van der Waals surface area contributed by atoms with Gasteiger partial charge in [-0.1, -0.05) is 0 Å². The molecule has 2 aliphatic rings. The van der Waals surface area contributed by atoms with E-state index in [4.69, 9.17) is 5.73 Å². The molecule has 4 N–H and O–H groups in total. The third-order valence-electron chi connectivity index (χ3n) is 3.95. The second-order valence-corrected chi connectivity index (χ2v) is 5.64. The van der Waals surface area contributed by atoms with Crippen molar-refractivity contribution < 1.29 is 4.79 Å². The first-order valence-corrected chi connectivity index (χ1v) is 6.99. The fourth-order valence-electron chi connectivity index (χ4n) is 2.35. The van der Waals surface area contributed by atoms with Crippen LogP contribution in [0.3, 0.4) is 0 Å². The van der Waals surface area contributed by atoms with Gasteiger partial charge >= 0.3 is 0 Å². The molecule has 3 rings (SSSR count). The number of hydrogen-bond donors (Lipinski definition) is 3. The fourth-order valence-corrected chi connectivity index (χ4v) is 2.35. The lowest BCUT2D eigenvalue weighted by molar-refractivity contribution is 0.0945. The number of nitrogen functional groups attached to an aromatic ring is 1. The van der Waals surface area contributed by atoms with E-state index >= 15 is 0 Å². The van der Waals surface area contributed by atoms with E-state index in [1.165, 1.54) is 12.8 Å². The van der Waals surface area contributed by atoms with Crippen LogP contribution >= 0.6 is 0 Å². The molecular formula is C13H21N5O. The van der Waals surface area contributed by atoms with Crippen LogP contribution < -0.4 is 11.1 Å². The highest BCUT2D eigenvalue weighted by Gasteiger charge is 2.30. The van der Waals surface area contributed by atoms with Crippen LogP contribution in [0.4, 0.5) is 5.69 Å². The molecule has 0 bridgehead atoms. The van der Waals surface area contributed by atoms with Crippen LogP contribution in [0.1, 0.15) is 47.8 Å². The van der Waals surface area contributed by atoms with E-state index in [-0.39, 0.29) is 5.91 Å². The third-order valence-corrected chi connectivity index (χ3v) is 3.95. The van der Waals surface area contributed by atoms with Crippen molar-refractivity contribution in [2.24, 2.45) is 0 Å². The summed E-state index contributed by atoms with van der Waals surface area (Å²) in [6.07, 6.45) is 4.84. The third kappa shape index (κ3) is 2.73. The molecule has 0 spiro atoms. The average Bonchev–Trinajstić information content (AvgIpc) is 3.26. The van der Waals surface area contributed by atoms with Gasteiger partial charge in [0.15, 0.2) is 5.69 Å². The number of anilines is 1. The maximum Gasteiger partial charge on any atom is 0.273 e. The number of aromatic nitrogens is 2. The maximum absolute atomic E-state index is 12.0. The normalized spacial score (nSPS) is 18.8. The highest BCUT2D eigenvalue weighted by molar-refractivity contribution is 5.97. The number of H-pyrrole nitrogens is 1. The number of carbonyl (C=O) groups excluding carboxylic acids is 1. The van der Waals surface area contributed by atoms with Gasteiger partial charge < -0.3 is 16.0 Å². The summed E-state index contributed by atoms with van der Waals surface area (Å²) in [4.78, 5) is 14.3. The lowest BCUT2D eigenvalue weighted by Crippen LogP contribution is -2.34. The van der Waals surface area contributed by atoms with Crippen LogP contribution in [0, 0.1) is 0 Å². The zero-order valence-corrected chi connectivity index (χ0v) is 11.3. The summed E-state index contributed by atoms with van der Waals surface area (Å²) < 4.78 is 0. The van der Waals surface area contributed by atoms with Crippen LogP contribution in [-0.4, -0.2) is 47.2 Å². The average molecular weight is 263 g/mol. The Hall–Kier alpha value is -1.56. The van der Waals surface area contributed by atoms with Gasteiger partial charge in [0.1, 0.15) is 0 Å². The van der Waals surface area contributed by atoms with Crippen LogP contribution in [0.25, 0.3) is 0 Å². The van der Waals surface area contributed by atoms with Gasteiger partial charge in [-0.25, -0.2) is 0 Å². The second kappa shape index (κ2) is 4.85. The molecule has 6 heteroatoms. The number of carbonyl (C=O) groups is 1. The minimum absolute atomic E-state index is 0.176. The molecule has 0 aliphatic heterocycles. The van der Waals surface area contributed by atoms with E-state index in [0.717, 1.165) is 25.1 Å². The van der Waals surface area contributed by atoms with E-state index < -0.39 is 0 Å². The number of amides is 1. The van der Waals surface area contributed by atoms with Gasteiger partial charge in [-0.15, -0.1) is 0 Å². The van der Waals surface area contributed by atoms with Crippen LogP contribution in [0.5, 0.6) is 0 Å². The molecule has 2 saturated carbocycles. The minimum Gasteiger partial charge on any atom is -0.395 e. The zero-order chi connectivity index (χ0) is 13.4. The number of rotatable bonds is 6. The fraction of sp³-hybridized carbons (Fsp3) is 0.692. The summed E-state index contributed by atoms with van der Waals surface area (Å²) in [6, 6.07) is 0.717. The van der Waals surface area contributed by atoms with Crippen LogP contribution in [0.15, 0.2) is 0 Å². The van der Waals surface area contributed by atoms with E-state index in [0.29, 0.717) is 29.9 Å². The van der Waals surface area contributed by atoms with Crippen LogP contribution in [0.2, 0.25) is 0 Å². The minimum atomic E-state index is -0.176. The lowest BCUT2D eigenvalue weighted by atomic mass is 10.2. The Morgan fingerprint density at radius 2 is 2.21 bits per heavy atom. The molecule has 1 aromatic heterocycles. The van der Waals surface area contributed by atoms with Crippen LogP contribution in [-0.2, 0) is 0 Å². The van der Waals surface area contributed by atoms with Crippen molar-refractivity contribution in [2.45, 2.75) is 37.6 Å². The Balaban J connectivity index is 1.51. The quantitative estimate of drug-likeness (QED) is 0.705. The lowest BCUT2D eigenvalue weighted by Gasteiger charge is -2.15. The summed E-state index contributed by atoms with van der Waals surface area (Å²) >= 11 is 0. The Morgan fingerprint density at radius 3 is 2.84 bits per heavy atom. The Kier molecular flexibility index (Phi) is 3.18. The monoisotopic (exact) mass is 263 g/mol. The van der Waals surface area contributed by atoms with Gasteiger partial charge in [-0.05, 0) is 32.7 Å². The molecule has 0 radical (unpaired) electrons. The molecule has 0 atom stereocenters. The van der Waals surface area contributed by atoms with E-state index in [9.17, 15) is 4.79 Å². The predicted molar refractivity (Wildman–Crippen MR) is 73.0 cm³/mol. The predicted octanol–water partition coefficient (Wildman–Crippen LogP) is 0.693. The maximum atomic E-state index is 12.0. The van der Waals surface area contributed by atoms with Crippen molar-refractivity contribution in [1.29, 1.82) is 0 Å². The SMILES string of the molecule is CN(CCNC(=O)c1n[nH]c(C2CC2)c1N)C1CC1. The number of likely N-dealkylation sites (N-methyl/N-ethyl adjacent to an activating group) is 1. The first-order valence-electron chi connectivity index (χ1n) is 6.99. The molecule has 0 aromatic carbocycles. The van der Waals surface area contributed by atoms with E-state index in [2.05, 4.69) is 27.5 Å². The molecule has 2 fully saturated rings. The van der Waals surface area contributed by atoms with Gasteiger partial charge in [-0.2, -0.15) is 5.10 Å². The highest BCUT2D eigenvalue weighted by Crippen LogP contribution is 2.42. The highest BCUT2D eigenvalue weighted by atomic mass is 16.1. The van der Waals surface area contributed by atoms with Gasteiger partial charge in [0.2, 0.25) is 0 Å². The topological polar surface area (TPSA) is 87.0 Å². The van der Waals surface area contributed by atoms with Crippen molar-refractivity contribution in [3.63, 3.8) is 0 Å². The molecule has 1 heterocycles. The number of hydrogen-bond acceptors (Lipinski definition) is 4. The van der Waals surface area contributed by atoms with Crippen molar-refractivity contribution in [3.8, 4) is 0 Å². The van der Waals surface area contributed by atoms with Gasteiger partial charge in [0.05, 0.1) is 11.4 Å². The first kappa shape index (κ1) is 12.5. The molecule has 6 nitrogen and oxygen atoms in total. The van der Waals surface area contributed by atoms with Gasteiger partial charge in [-0.3, -0.25) is 9.89 Å². The Morgan fingerprint density at radius 1 is 1.47 bits per heavy atom. The Bertz CT molecular complexity index is 475. The number of nitrogens with two attached hydrogens (primary N) is 1. The molecule has 19 heavy (non-hydrogen) atoms. The van der Waals surface area contributed by atoms with Crippen molar-refractivity contribution in [2.75, 3.05) is 25.9 Å². The van der Waals surface area contributed by atoms with E-state index in [1.54, 1.807) is 0 Å². The zero-order valence-electron chi connectivity index (χ0n) is 11.3. The Labute approximate surface area is 112 Å². The number of nitrogens with zero attached hydrogens (tertiary/aromatic N) is 2. The molecule has 2 aliphatic carbocycles. The molecule has 104 valence electrons. The summed E-state index contributed by atoms with van der Waals surface area (Å²) in [5.41, 5.74) is 7.77. The summed E-state index contributed by atoms with van der Waals surface area (Å²) in [7, 11) is 2.10. The van der Waals surface area contributed by atoms with Crippen molar-refractivity contribution in [1.82, 2.24) is 20.4 Å². The second-order valence-electron chi connectivity index (χ2n) is 5.64. The molecule has 0 saturated heterocycles. The van der Waals surface area contributed by atoms with Gasteiger partial charge in [0, 0.05) is 25.0 Å². The molecular weight excluding hydrogens is 242 g/mol. The molecule has 1 aromatic rings. The summed E-state index contributed by atoms with van der Waals surface area (Å²) in [5, 5.41) is 9.83. The van der Waals surface area contributed by atoms with E-state index in [1.807, 2.05) is 0 Å². The van der Waals surface area contributed by atoms with Gasteiger partial charge in [0.25, 0.3) is 5.91 Å². The smallest absolute Gasteiger partial charge is 0.273 e. The largest absolute Gasteiger partial charge is 0.395 e.